The van der Waals surface area contributed by atoms with Crippen LogP contribution in [0.1, 0.15) is 16.2 Å². The second-order valence-electron chi connectivity index (χ2n) is 5.74. The third kappa shape index (κ3) is 3.96. The fraction of sp³-hybridized carbons (Fsp3) is 0.118. The standard InChI is InChI=1S/C17H16N4O5S/c18-17(24)12-2-1-3-13-16(12)21-14(20-13)9-27(25,26)11-6-4-10(5-7-11)19-15(23)8-22/h1-7,22H,8-9H2,(H2,18,24)(H,19,23)(H,20,21). The van der Waals surface area contributed by atoms with Gasteiger partial charge in [0.05, 0.1) is 16.0 Å². The molecule has 27 heavy (non-hydrogen) atoms. The summed E-state index contributed by atoms with van der Waals surface area (Å²) in [6, 6.07) is 10.3. The van der Waals surface area contributed by atoms with Gasteiger partial charge in [0.25, 0.3) is 5.91 Å². The van der Waals surface area contributed by atoms with Crippen LogP contribution in [0.15, 0.2) is 47.4 Å². The average Bonchev–Trinajstić information content (AvgIpc) is 3.03. The van der Waals surface area contributed by atoms with Crippen molar-refractivity contribution in [3.8, 4) is 0 Å². The summed E-state index contributed by atoms with van der Waals surface area (Å²) in [5.41, 5.74) is 6.71. The number of aromatic amines is 1. The molecule has 2 amide bonds. The largest absolute Gasteiger partial charge is 0.387 e. The molecule has 0 unspecified atom stereocenters. The van der Waals surface area contributed by atoms with E-state index in [9.17, 15) is 18.0 Å². The highest BCUT2D eigenvalue weighted by Crippen LogP contribution is 2.21. The number of aliphatic hydroxyl groups is 1. The Hall–Kier alpha value is -3.24. The maximum atomic E-state index is 12.6. The number of para-hydroxylation sites is 1. The van der Waals surface area contributed by atoms with E-state index in [-0.39, 0.29) is 16.3 Å². The van der Waals surface area contributed by atoms with Gasteiger partial charge in [0.15, 0.2) is 9.84 Å². The first-order chi connectivity index (χ1) is 12.8. The van der Waals surface area contributed by atoms with Crippen molar-refractivity contribution in [2.75, 3.05) is 11.9 Å². The predicted molar refractivity (Wildman–Crippen MR) is 97.7 cm³/mol. The molecule has 0 spiro atoms. The summed E-state index contributed by atoms with van der Waals surface area (Å²) in [7, 11) is -3.72. The zero-order chi connectivity index (χ0) is 19.6. The van der Waals surface area contributed by atoms with E-state index in [2.05, 4.69) is 15.3 Å². The van der Waals surface area contributed by atoms with E-state index >= 15 is 0 Å². The van der Waals surface area contributed by atoms with Gasteiger partial charge < -0.3 is 21.1 Å². The lowest BCUT2D eigenvalue weighted by Gasteiger charge is -2.06. The fourth-order valence-corrected chi connectivity index (χ4v) is 3.77. The number of benzene rings is 2. The van der Waals surface area contributed by atoms with Gasteiger partial charge >= 0.3 is 0 Å². The number of carbonyl (C=O) groups excluding carboxylic acids is 2. The van der Waals surface area contributed by atoms with Crippen LogP contribution >= 0.6 is 0 Å². The lowest BCUT2D eigenvalue weighted by molar-refractivity contribution is -0.118. The molecule has 0 radical (unpaired) electrons. The van der Waals surface area contributed by atoms with Crippen LogP contribution in [0.3, 0.4) is 0 Å². The van der Waals surface area contributed by atoms with Crippen molar-refractivity contribution in [1.29, 1.82) is 0 Å². The Kier molecular flexibility index (Phi) is 4.93. The summed E-state index contributed by atoms with van der Waals surface area (Å²) in [6.45, 7) is -0.667. The Morgan fingerprint density at radius 1 is 1.15 bits per heavy atom. The minimum atomic E-state index is -3.72. The summed E-state index contributed by atoms with van der Waals surface area (Å²) in [4.78, 5) is 29.7. The van der Waals surface area contributed by atoms with Crippen LogP contribution < -0.4 is 11.1 Å². The van der Waals surface area contributed by atoms with Gasteiger partial charge in [0.2, 0.25) is 5.91 Å². The molecule has 0 saturated carbocycles. The Morgan fingerprint density at radius 2 is 1.85 bits per heavy atom. The van der Waals surface area contributed by atoms with Crippen LogP contribution in [0.25, 0.3) is 11.0 Å². The predicted octanol–water partition coefficient (Wildman–Crippen LogP) is 0.567. The second-order valence-corrected chi connectivity index (χ2v) is 7.73. The van der Waals surface area contributed by atoms with Crippen LogP contribution in [0.5, 0.6) is 0 Å². The Bertz CT molecular complexity index is 1120. The molecule has 0 bridgehead atoms. The number of aromatic nitrogens is 2. The molecule has 2 aromatic carbocycles. The average molecular weight is 388 g/mol. The molecule has 0 aliphatic carbocycles. The number of primary amides is 1. The van der Waals surface area contributed by atoms with E-state index in [4.69, 9.17) is 10.8 Å². The molecule has 3 aromatic rings. The number of anilines is 1. The minimum Gasteiger partial charge on any atom is -0.387 e. The summed E-state index contributed by atoms with van der Waals surface area (Å²) in [6.07, 6.45) is 0. The number of hydrogen-bond donors (Lipinski definition) is 4. The third-order valence-corrected chi connectivity index (χ3v) is 5.44. The van der Waals surface area contributed by atoms with Crippen LogP contribution in [0, 0.1) is 0 Å². The van der Waals surface area contributed by atoms with Gasteiger partial charge in [-0.2, -0.15) is 0 Å². The molecule has 9 nitrogen and oxygen atoms in total. The SMILES string of the molecule is NC(=O)c1cccc2[nH]c(CS(=O)(=O)c3ccc(NC(=O)CO)cc3)nc12. The molecular weight excluding hydrogens is 372 g/mol. The van der Waals surface area contributed by atoms with Crippen molar-refractivity contribution in [2.45, 2.75) is 10.6 Å². The summed E-state index contributed by atoms with van der Waals surface area (Å²) in [5, 5.41) is 11.1. The maximum Gasteiger partial charge on any atom is 0.250 e. The van der Waals surface area contributed by atoms with Crippen LogP contribution in [-0.4, -0.2) is 41.9 Å². The van der Waals surface area contributed by atoms with Crippen molar-refractivity contribution in [3.63, 3.8) is 0 Å². The number of imidazole rings is 1. The van der Waals surface area contributed by atoms with E-state index in [1.807, 2.05) is 0 Å². The number of carbonyl (C=O) groups is 2. The van der Waals surface area contributed by atoms with Crippen LogP contribution in [0.2, 0.25) is 0 Å². The first-order valence-corrected chi connectivity index (χ1v) is 9.46. The number of sulfone groups is 1. The number of nitrogens with one attached hydrogen (secondary N) is 2. The maximum absolute atomic E-state index is 12.6. The highest BCUT2D eigenvalue weighted by molar-refractivity contribution is 7.90. The quantitative estimate of drug-likeness (QED) is 0.484. The van der Waals surface area contributed by atoms with Crippen LogP contribution in [0.4, 0.5) is 5.69 Å². The zero-order valence-corrected chi connectivity index (χ0v) is 14.8. The summed E-state index contributed by atoms with van der Waals surface area (Å²) >= 11 is 0. The molecule has 0 aliphatic rings. The molecule has 1 aromatic heterocycles. The lowest BCUT2D eigenvalue weighted by Crippen LogP contribution is -2.15. The Labute approximate surface area is 154 Å². The summed E-state index contributed by atoms with van der Waals surface area (Å²) in [5.74, 6) is -1.47. The van der Waals surface area contributed by atoms with E-state index in [1.54, 1.807) is 12.1 Å². The highest BCUT2D eigenvalue weighted by atomic mass is 32.2. The zero-order valence-electron chi connectivity index (χ0n) is 14.0. The molecule has 140 valence electrons. The van der Waals surface area contributed by atoms with E-state index in [1.165, 1.54) is 30.3 Å². The number of amides is 2. The number of aliphatic hydroxyl groups excluding tert-OH is 1. The monoisotopic (exact) mass is 388 g/mol. The van der Waals surface area contributed by atoms with Crippen LogP contribution in [-0.2, 0) is 20.4 Å². The van der Waals surface area contributed by atoms with Crippen molar-refractivity contribution in [2.24, 2.45) is 5.73 Å². The normalized spacial score (nSPS) is 11.4. The minimum absolute atomic E-state index is 0.0417. The molecule has 0 atom stereocenters. The van der Waals surface area contributed by atoms with Gasteiger partial charge in [-0.3, -0.25) is 9.59 Å². The van der Waals surface area contributed by atoms with E-state index in [0.717, 1.165) is 0 Å². The van der Waals surface area contributed by atoms with Gasteiger partial charge in [-0.15, -0.1) is 0 Å². The molecule has 0 aliphatic heterocycles. The Morgan fingerprint density at radius 3 is 2.48 bits per heavy atom. The topological polar surface area (TPSA) is 155 Å². The second kappa shape index (κ2) is 7.17. The van der Waals surface area contributed by atoms with Gasteiger partial charge in [-0.05, 0) is 36.4 Å². The van der Waals surface area contributed by atoms with Crippen molar-refractivity contribution in [1.82, 2.24) is 9.97 Å². The third-order valence-electron chi connectivity index (χ3n) is 3.79. The highest BCUT2D eigenvalue weighted by Gasteiger charge is 2.19. The van der Waals surface area contributed by atoms with Gasteiger partial charge in [0, 0.05) is 5.69 Å². The van der Waals surface area contributed by atoms with E-state index < -0.39 is 34.0 Å². The molecule has 3 rings (SSSR count). The van der Waals surface area contributed by atoms with Gasteiger partial charge in [0.1, 0.15) is 23.7 Å². The van der Waals surface area contributed by atoms with Gasteiger partial charge in [-0.1, -0.05) is 6.07 Å². The van der Waals surface area contributed by atoms with Crippen molar-refractivity contribution >= 4 is 38.4 Å². The fourth-order valence-electron chi connectivity index (χ4n) is 2.56. The Balaban J connectivity index is 1.86. The summed E-state index contributed by atoms with van der Waals surface area (Å²) < 4.78 is 25.2. The number of hydrogen-bond acceptors (Lipinski definition) is 6. The molecule has 10 heteroatoms. The lowest BCUT2D eigenvalue weighted by atomic mass is 10.2. The van der Waals surface area contributed by atoms with Gasteiger partial charge in [-0.25, -0.2) is 13.4 Å². The smallest absolute Gasteiger partial charge is 0.250 e. The number of H-pyrrole nitrogens is 1. The first kappa shape index (κ1) is 18.5. The van der Waals surface area contributed by atoms with E-state index in [0.29, 0.717) is 16.7 Å². The molecular formula is C17H16N4O5S. The number of nitrogens with two attached hydrogens (primary N) is 1. The molecule has 0 saturated heterocycles. The van der Waals surface area contributed by atoms with Crippen molar-refractivity contribution < 1.29 is 23.1 Å². The number of fused-ring (bicyclic) bond motifs is 1. The number of nitrogens with zero attached hydrogens (tertiary/aromatic N) is 1. The number of rotatable bonds is 6. The van der Waals surface area contributed by atoms with Crippen molar-refractivity contribution in [3.05, 3.63) is 53.9 Å². The molecule has 0 fully saturated rings. The molecule has 1 heterocycles. The molecule has 5 N–H and O–H groups in total. The first-order valence-electron chi connectivity index (χ1n) is 7.81.